The maximum atomic E-state index is 13.6. The molecule has 2 nitrogen and oxygen atoms in total. The second kappa shape index (κ2) is 3.95. The number of rotatable bonds is 2. The lowest BCUT2D eigenvalue weighted by atomic mass is 9.57. The van der Waals surface area contributed by atoms with E-state index in [0.29, 0.717) is 0 Å². The van der Waals surface area contributed by atoms with Crippen LogP contribution in [0.25, 0.3) is 0 Å². The molecule has 0 spiro atoms. The first-order valence-electron chi connectivity index (χ1n) is 5.67. The van der Waals surface area contributed by atoms with Crippen LogP contribution in [0.15, 0.2) is 24.3 Å². The fourth-order valence-corrected chi connectivity index (χ4v) is 2.68. The van der Waals surface area contributed by atoms with Gasteiger partial charge >= 0.3 is 12.1 Å². The summed E-state index contributed by atoms with van der Waals surface area (Å²) in [7, 11) is 0. The van der Waals surface area contributed by atoms with E-state index in [4.69, 9.17) is 0 Å². The van der Waals surface area contributed by atoms with Crippen LogP contribution in [0.1, 0.15) is 30.9 Å². The zero-order chi connectivity index (χ0) is 14.5. The first-order chi connectivity index (χ1) is 8.57. The number of aliphatic carboxylic acids is 1. The third-order valence-electron chi connectivity index (χ3n) is 3.49. The number of halogens is 4. The largest absolute Gasteiger partial charge is 0.481 e. The van der Waals surface area contributed by atoms with Gasteiger partial charge in [-0.1, -0.05) is 18.2 Å². The molecule has 0 aromatic heterocycles. The van der Waals surface area contributed by atoms with E-state index in [0.717, 1.165) is 18.2 Å². The standard InChI is InChI=1S/C13H12F4O2/c1-11(14)6-12(7-11,10(18)19)8-3-2-4-9(5-8)13(15,16)17/h2-5H,6-7H2,1H3,(H,18,19). The summed E-state index contributed by atoms with van der Waals surface area (Å²) in [6.07, 6.45) is -5.16. The van der Waals surface area contributed by atoms with Gasteiger partial charge in [-0.25, -0.2) is 4.39 Å². The number of alkyl halides is 4. The van der Waals surface area contributed by atoms with Crippen LogP contribution in [-0.2, 0) is 16.4 Å². The molecule has 0 bridgehead atoms. The van der Waals surface area contributed by atoms with Crippen molar-refractivity contribution in [2.75, 3.05) is 0 Å². The third-order valence-corrected chi connectivity index (χ3v) is 3.49. The van der Waals surface area contributed by atoms with E-state index < -0.39 is 28.8 Å². The molecule has 0 aliphatic heterocycles. The van der Waals surface area contributed by atoms with Gasteiger partial charge < -0.3 is 5.11 Å². The Morgan fingerprint density at radius 1 is 1.32 bits per heavy atom. The Hall–Kier alpha value is -1.59. The fourth-order valence-electron chi connectivity index (χ4n) is 2.68. The van der Waals surface area contributed by atoms with Gasteiger partial charge in [0.25, 0.3) is 0 Å². The summed E-state index contributed by atoms with van der Waals surface area (Å²) >= 11 is 0. The third kappa shape index (κ3) is 2.31. The first kappa shape index (κ1) is 13.8. The molecule has 1 aromatic rings. The zero-order valence-electron chi connectivity index (χ0n) is 10.1. The molecular weight excluding hydrogens is 264 g/mol. The van der Waals surface area contributed by atoms with Crippen LogP contribution in [0.5, 0.6) is 0 Å². The molecule has 0 unspecified atom stereocenters. The van der Waals surface area contributed by atoms with Crippen LogP contribution in [-0.4, -0.2) is 16.7 Å². The predicted octanol–water partition coefficient (Wildman–Crippen LogP) is 3.55. The molecule has 1 aromatic carbocycles. The SMILES string of the molecule is CC1(F)CC(C(=O)O)(c2cccc(C(F)(F)F)c2)C1. The molecule has 0 amide bonds. The Labute approximate surface area is 107 Å². The Kier molecular flexibility index (Phi) is 2.88. The van der Waals surface area contributed by atoms with Gasteiger partial charge in [0.1, 0.15) is 5.67 Å². The van der Waals surface area contributed by atoms with Gasteiger partial charge in [0.2, 0.25) is 0 Å². The van der Waals surface area contributed by atoms with Crippen molar-refractivity contribution in [2.24, 2.45) is 0 Å². The minimum Gasteiger partial charge on any atom is -0.481 e. The summed E-state index contributed by atoms with van der Waals surface area (Å²) in [5.41, 5.74) is -4.11. The summed E-state index contributed by atoms with van der Waals surface area (Å²) in [4.78, 5) is 11.3. The fraction of sp³-hybridized carbons (Fsp3) is 0.462. The number of benzene rings is 1. The molecule has 19 heavy (non-hydrogen) atoms. The molecule has 0 saturated heterocycles. The Morgan fingerprint density at radius 3 is 2.32 bits per heavy atom. The molecule has 2 rings (SSSR count). The number of hydrogen-bond acceptors (Lipinski definition) is 1. The van der Waals surface area contributed by atoms with Crippen molar-refractivity contribution in [3.8, 4) is 0 Å². The normalized spacial score (nSPS) is 30.8. The van der Waals surface area contributed by atoms with Crippen molar-refractivity contribution in [2.45, 2.75) is 37.0 Å². The summed E-state index contributed by atoms with van der Waals surface area (Å²) in [5.74, 6) is -1.29. The maximum Gasteiger partial charge on any atom is 0.416 e. The van der Waals surface area contributed by atoms with E-state index in [1.54, 1.807) is 0 Å². The number of carbonyl (C=O) groups is 1. The average Bonchev–Trinajstić information content (AvgIpc) is 2.24. The first-order valence-corrected chi connectivity index (χ1v) is 5.67. The molecule has 1 aliphatic carbocycles. The van der Waals surface area contributed by atoms with Gasteiger partial charge in [-0.2, -0.15) is 13.2 Å². The smallest absolute Gasteiger partial charge is 0.416 e. The monoisotopic (exact) mass is 276 g/mol. The lowest BCUT2D eigenvalue weighted by molar-refractivity contribution is -0.155. The number of carboxylic acid groups (broad SMARTS) is 1. The molecule has 1 saturated carbocycles. The highest BCUT2D eigenvalue weighted by molar-refractivity contribution is 5.83. The second-order valence-corrected chi connectivity index (χ2v) is 5.23. The maximum absolute atomic E-state index is 13.6. The molecular formula is C13H12F4O2. The van der Waals surface area contributed by atoms with Gasteiger partial charge in [-0.3, -0.25) is 4.79 Å². The molecule has 6 heteroatoms. The van der Waals surface area contributed by atoms with E-state index in [-0.39, 0.29) is 18.4 Å². The van der Waals surface area contributed by atoms with E-state index in [1.165, 1.54) is 13.0 Å². The van der Waals surface area contributed by atoms with Crippen molar-refractivity contribution in [3.63, 3.8) is 0 Å². The zero-order valence-corrected chi connectivity index (χ0v) is 10.1. The molecule has 0 radical (unpaired) electrons. The minimum absolute atomic E-state index is 0.00458. The van der Waals surface area contributed by atoms with Crippen LogP contribution in [0.2, 0.25) is 0 Å². The lowest BCUT2D eigenvalue weighted by Crippen LogP contribution is -2.55. The highest BCUT2D eigenvalue weighted by Gasteiger charge is 2.58. The van der Waals surface area contributed by atoms with Crippen LogP contribution in [0, 0.1) is 0 Å². The Bertz CT molecular complexity index is 512. The van der Waals surface area contributed by atoms with Crippen LogP contribution < -0.4 is 0 Å². The quantitative estimate of drug-likeness (QED) is 0.839. The van der Waals surface area contributed by atoms with Crippen molar-refractivity contribution in [3.05, 3.63) is 35.4 Å². The van der Waals surface area contributed by atoms with Crippen LogP contribution in [0.4, 0.5) is 17.6 Å². The summed E-state index contributed by atoms with van der Waals surface area (Å²) < 4.78 is 51.4. The van der Waals surface area contributed by atoms with Gasteiger partial charge in [-0.15, -0.1) is 0 Å². The summed E-state index contributed by atoms with van der Waals surface area (Å²) in [5, 5.41) is 9.22. The van der Waals surface area contributed by atoms with E-state index in [2.05, 4.69) is 0 Å². The van der Waals surface area contributed by atoms with Gasteiger partial charge in [-0.05, 0) is 18.6 Å². The predicted molar refractivity (Wildman–Crippen MR) is 59.5 cm³/mol. The van der Waals surface area contributed by atoms with E-state index >= 15 is 0 Å². The highest BCUT2D eigenvalue weighted by Crippen LogP contribution is 2.53. The van der Waals surface area contributed by atoms with Crippen molar-refractivity contribution in [1.82, 2.24) is 0 Å². The van der Waals surface area contributed by atoms with Crippen LogP contribution >= 0.6 is 0 Å². The van der Waals surface area contributed by atoms with Crippen molar-refractivity contribution >= 4 is 5.97 Å². The van der Waals surface area contributed by atoms with Crippen molar-refractivity contribution < 1.29 is 27.5 Å². The molecule has 0 heterocycles. The summed E-state index contributed by atoms with van der Waals surface area (Å²) in [6.45, 7) is 1.25. The molecule has 0 atom stereocenters. The van der Waals surface area contributed by atoms with E-state index in [1.807, 2.05) is 0 Å². The summed E-state index contributed by atoms with van der Waals surface area (Å²) in [6, 6.07) is 4.12. The molecule has 1 aliphatic rings. The van der Waals surface area contributed by atoms with Crippen molar-refractivity contribution in [1.29, 1.82) is 0 Å². The molecule has 1 fully saturated rings. The van der Waals surface area contributed by atoms with E-state index in [9.17, 15) is 27.5 Å². The van der Waals surface area contributed by atoms with Gasteiger partial charge in [0.05, 0.1) is 11.0 Å². The molecule has 1 N–H and O–H groups in total. The molecule has 104 valence electrons. The number of carboxylic acids is 1. The van der Waals surface area contributed by atoms with Crippen LogP contribution in [0.3, 0.4) is 0 Å². The average molecular weight is 276 g/mol. The van der Waals surface area contributed by atoms with Gasteiger partial charge in [0, 0.05) is 12.8 Å². The topological polar surface area (TPSA) is 37.3 Å². The highest BCUT2D eigenvalue weighted by atomic mass is 19.4. The minimum atomic E-state index is -4.54. The lowest BCUT2D eigenvalue weighted by Gasteiger charge is -2.47. The second-order valence-electron chi connectivity index (χ2n) is 5.23. The van der Waals surface area contributed by atoms with Gasteiger partial charge in [0.15, 0.2) is 0 Å². The Morgan fingerprint density at radius 2 is 1.89 bits per heavy atom. The number of hydrogen-bond donors (Lipinski definition) is 1. The Balaban J connectivity index is 2.43.